The van der Waals surface area contributed by atoms with Crippen molar-refractivity contribution in [3.63, 3.8) is 0 Å². The fourth-order valence-corrected chi connectivity index (χ4v) is 2.75. The first kappa shape index (κ1) is 6.40. The van der Waals surface area contributed by atoms with Crippen LogP contribution in [0, 0.1) is 11.8 Å². The van der Waals surface area contributed by atoms with E-state index in [0.29, 0.717) is 24.7 Å². The molecular weight excluding hydrogens is 144 g/mol. The first-order valence-corrected chi connectivity index (χ1v) is 4.31. The van der Waals surface area contributed by atoms with Gasteiger partial charge < -0.3 is 14.6 Å². The molecule has 3 fully saturated rings. The summed E-state index contributed by atoms with van der Waals surface area (Å²) in [7, 11) is 0. The number of ether oxygens (including phenoxy) is 2. The van der Waals surface area contributed by atoms with Gasteiger partial charge in [-0.3, -0.25) is 0 Å². The molecule has 0 aromatic carbocycles. The van der Waals surface area contributed by atoms with Gasteiger partial charge in [-0.15, -0.1) is 0 Å². The van der Waals surface area contributed by atoms with E-state index in [-0.39, 0.29) is 5.92 Å². The van der Waals surface area contributed by atoms with Crippen molar-refractivity contribution in [2.24, 2.45) is 11.8 Å². The number of aliphatic hydroxyl groups is 1. The molecule has 3 nitrogen and oxygen atoms in total. The molecule has 11 heavy (non-hydrogen) atoms. The van der Waals surface area contributed by atoms with Crippen LogP contribution in [0.25, 0.3) is 0 Å². The van der Waals surface area contributed by atoms with Gasteiger partial charge in [-0.05, 0) is 12.8 Å². The second kappa shape index (κ2) is 1.97. The maximum Gasteiger partial charge on any atom is 0.160 e. The molecule has 0 aromatic rings. The Hall–Kier alpha value is -0.120. The Bertz CT molecular complexity index is 182. The van der Waals surface area contributed by atoms with Crippen LogP contribution in [0.15, 0.2) is 0 Å². The van der Waals surface area contributed by atoms with Gasteiger partial charge in [0.25, 0.3) is 0 Å². The van der Waals surface area contributed by atoms with Crippen LogP contribution >= 0.6 is 0 Å². The lowest BCUT2D eigenvalue weighted by molar-refractivity contribution is -0.105. The van der Waals surface area contributed by atoms with Crippen molar-refractivity contribution in [1.29, 1.82) is 0 Å². The Labute approximate surface area is 65.3 Å². The molecule has 3 heterocycles. The molecular formula is C8H12O3. The summed E-state index contributed by atoms with van der Waals surface area (Å²) < 4.78 is 10.8. The normalized spacial score (nSPS) is 60.3. The molecule has 3 rings (SSSR count). The largest absolute Gasteiger partial charge is 0.374 e. The van der Waals surface area contributed by atoms with E-state index in [2.05, 4.69) is 0 Å². The lowest BCUT2D eigenvalue weighted by atomic mass is 9.81. The lowest BCUT2D eigenvalue weighted by Crippen LogP contribution is -2.30. The predicted octanol–water partition coefficient (Wildman–Crippen LogP) is 0.129. The van der Waals surface area contributed by atoms with E-state index >= 15 is 0 Å². The summed E-state index contributed by atoms with van der Waals surface area (Å²) in [5.74, 6) is 0.775. The zero-order chi connectivity index (χ0) is 7.42. The second-order valence-electron chi connectivity index (χ2n) is 3.76. The van der Waals surface area contributed by atoms with Crippen molar-refractivity contribution < 1.29 is 14.6 Å². The average molecular weight is 156 g/mol. The SMILES string of the molecule is OC1OC[C@@H]2[C@H]1[C@H]1CC[C@@H]2O1. The van der Waals surface area contributed by atoms with Crippen LogP contribution in [0.2, 0.25) is 0 Å². The van der Waals surface area contributed by atoms with E-state index < -0.39 is 6.29 Å². The minimum atomic E-state index is -0.546. The molecule has 1 unspecified atom stereocenters. The van der Waals surface area contributed by atoms with Gasteiger partial charge >= 0.3 is 0 Å². The third-order valence-corrected chi connectivity index (χ3v) is 3.28. The molecule has 3 aliphatic rings. The lowest BCUT2D eigenvalue weighted by Gasteiger charge is -2.19. The van der Waals surface area contributed by atoms with Crippen molar-refractivity contribution in [3.05, 3.63) is 0 Å². The number of fused-ring (bicyclic) bond motifs is 5. The van der Waals surface area contributed by atoms with Gasteiger partial charge in [-0.1, -0.05) is 0 Å². The Morgan fingerprint density at radius 2 is 2.00 bits per heavy atom. The number of hydrogen-bond acceptors (Lipinski definition) is 3. The minimum absolute atomic E-state index is 0.286. The fourth-order valence-electron chi connectivity index (χ4n) is 2.75. The van der Waals surface area contributed by atoms with Gasteiger partial charge in [0.1, 0.15) is 0 Å². The fraction of sp³-hybridized carbons (Fsp3) is 1.00. The third-order valence-electron chi connectivity index (χ3n) is 3.28. The van der Waals surface area contributed by atoms with Gasteiger partial charge in [0.05, 0.1) is 18.8 Å². The van der Waals surface area contributed by atoms with E-state index in [1.807, 2.05) is 0 Å². The maximum absolute atomic E-state index is 9.42. The van der Waals surface area contributed by atoms with Crippen LogP contribution in [0.5, 0.6) is 0 Å². The predicted molar refractivity (Wildman–Crippen MR) is 36.8 cm³/mol. The van der Waals surface area contributed by atoms with Crippen molar-refractivity contribution in [1.82, 2.24) is 0 Å². The molecule has 5 atom stereocenters. The smallest absolute Gasteiger partial charge is 0.160 e. The maximum atomic E-state index is 9.42. The van der Waals surface area contributed by atoms with Crippen molar-refractivity contribution in [2.45, 2.75) is 31.3 Å². The third kappa shape index (κ3) is 0.687. The van der Waals surface area contributed by atoms with Gasteiger partial charge in [-0.2, -0.15) is 0 Å². The average Bonchev–Trinajstić information content (AvgIpc) is 2.60. The Kier molecular flexibility index (Phi) is 1.15. The first-order valence-electron chi connectivity index (χ1n) is 4.31. The molecule has 3 saturated heterocycles. The molecule has 0 amide bonds. The van der Waals surface area contributed by atoms with Crippen LogP contribution in [0.1, 0.15) is 12.8 Å². The van der Waals surface area contributed by atoms with E-state index in [1.54, 1.807) is 0 Å². The molecule has 0 spiro atoms. The highest BCUT2D eigenvalue weighted by Crippen LogP contribution is 2.48. The van der Waals surface area contributed by atoms with Crippen molar-refractivity contribution in [2.75, 3.05) is 6.61 Å². The molecule has 62 valence electrons. The summed E-state index contributed by atoms with van der Waals surface area (Å²) in [6, 6.07) is 0. The molecule has 0 aromatic heterocycles. The second-order valence-corrected chi connectivity index (χ2v) is 3.76. The van der Waals surface area contributed by atoms with Gasteiger partial charge in [-0.25, -0.2) is 0 Å². The van der Waals surface area contributed by atoms with E-state index in [4.69, 9.17) is 9.47 Å². The Morgan fingerprint density at radius 1 is 1.18 bits per heavy atom. The number of hydrogen-bond donors (Lipinski definition) is 1. The zero-order valence-corrected chi connectivity index (χ0v) is 6.27. The first-order chi connectivity index (χ1) is 5.36. The number of aliphatic hydroxyl groups excluding tert-OH is 1. The molecule has 0 aliphatic carbocycles. The summed E-state index contributed by atoms with van der Waals surface area (Å²) in [5, 5.41) is 9.42. The monoisotopic (exact) mass is 156 g/mol. The van der Waals surface area contributed by atoms with Crippen LogP contribution < -0.4 is 0 Å². The molecule has 0 saturated carbocycles. The highest BCUT2D eigenvalue weighted by molar-refractivity contribution is 4.99. The summed E-state index contributed by atoms with van der Waals surface area (Å²) in [4.78, 5) is 0. The van der Waals surface area contributed by atoms with Crippen LogP contribution in [-0.4, -0.2) is 30.2 Å². The van der Waals surface area contributed by atoms with Crippen molar-refractivity contribution in [3.8, 4) is 0 Å². The van der Waals surface area contributed by atoms with Crippen LogP contribution in [0.4, 0.5) is 0 Å². The molecule has 1 N–H and O–H groups in total. The summed E-state index contributed by atoms with van der Waals surface area (Å²) >= 11 is 0. The molecule has 0 radical (unpaired) electrons. The van der Waals surface area contributed by atoms with Crippen molar-refractivity contribution >= 4 is 0 Å². The zero-order valence-electron chi connectivity index (χ0n) is 6.27. The highest BCUT2D eigenvalue weighted by Gasteiger charge is 2.55. The summed E-state index contributed by atoms with van der Waals surface area (Å²) in [6.45, 7) is 0.701. The summed E-state index contributed by atoms with van der Waals surface area (Å²) in [5.41, 5.74) is 0. The molecule has 3 heteroatoms. The number of rotatable bonds is 0. The van der Waals surface area contributed by atoms with E-state index in [0.717, 1.165) is 6.42 Å². The highest BCUT2D eigenvalue weighted by atomic mass is 16.6. The Balaban J connectivity index is 1.91. The Morgan fingerprint density at radius 3 is 2.82 bits per heavy atom. The molecule has 2 bridgehead atoms. The van der Waals surface area contributed by atoms with Gasteiger partial charge in [0, 0.05) is 11.8 Å². The summed E-state index contributed by atoms with van der Waals surface area (Å²) in [6.07, 6.45) is 2.42. The topological polar surface area (TPSA) is 38.7 Å². The van der Waals surface area contributed by atoms with Crippen LogP contribution in [-0.2, 0) is 9.47 Å². The van der Waals surface area contributed by atoms with Gasteiger partial charge in [0.15, 0.2) is 6.29 Å². The molecule has 3 aliphatic heterocycles. The standard InChI is InChI=1S/C8H12O3/c9-8-7-4(3-10-8)5-1-2-6(7)11-5/h4-9H,1-3H2/t4-,5-,6+,7-,8?/m0/s1. The van der Waals surface area contributed by atoms with E-state index in [1.165, 1.54) is 6.42 Å². The van der Waals surface area contributed by atoms with Gasteiger partial charge in [0.2, 0.25) is 0 Å². The quantitative estimate of drug-likeness (QED) is 0.541. The van der Waals surface area contributed by atoms with Crippen LogP contribution in [0.3, 0.4) is 0 Å². The minimum Gasteiger partial charge on any atom is -0.374 e. The van der Waals surface area contributed by atoms with E-state index in [9.17, 15) is 5.11 Å².